The van der Waals surface area contributed by atoms with Gasteiger partial charge in [-0.2, -0.15) is 4.39 Å². The Kier molecular flexibility index (Phi) is 1.67. The van der Waals surface area contributed by atoms with Gasteiger partial charge in [0.2, 0.25) is 5.95 Å². The largest absolute Gasteiger partial charge is 0.327 e. The van der Waals surface area contributed by atoms with Crippen molar-refractivity contribution < 1.29 is 4.39 Å². The maximum Gasteiger partial charge on any atom is 0.216 e. The van der Waals surface area contributed by atoms with Crippen molar-refractivity contribution in [3.63, 3.8) is 0 Å². The topological polar surface area (TPSA) is 38.9 Å². The van der Waals surface area contributed by atoms with Crippen LogP contribution in [-0.4, -0.2) is 11.0 Å². The van der Waals surface area contributed by atoms with Gasteiger partial charge in [-0.25, -0.2) is 4.98 Å². The van der Waals surface area contributed by atoms with Gasteiger partial charge < -0.3 is 5.73 Å². The zero-order chi connectivity index (χ0) is 9.64. The van der Waals surface area contributed by atoms with Gasteiger partial charge in [0, 0.05) is 23.7 Å². The van der Waals surface area contributed by atoms with Gasteiger partial charge in [0.15, 0.2) is 0 Å². The number of halogens is 1. The first-order chi connectivity index (χ1) is 6.05. The molecule has 1 aliphatic carbocycles. The molecule has 1 heterocycles. The Morgan fingerprint density at radius 3 is 2.62 bits per heavy atom. The van der Waals surface area contributed by atoms with Crippen LogP contribution in [0.5, 0.6) is 0 Å². The van der Waals surface area contributed by atoms with E-state index in [0.29, 0.717) is 5.56 Å². The molecule has 1 aromatic heterocycles. The van der Waals surface area contributed by atoms with Crippen LogP contribution in [0.15, 0.2) is 18.3 Å². The number of pyridine rings is 1. The predicted octanol–water partition coefficient (Wildman–Crippen LogP) is 1.67. The Balaban J connectivity index is 2.34. The second-order valence-corrected chi connectivity index (χ2v) is 4.21. The third kappa shape index (κ3) is 1.15. The van der Waals surface area contributed by atoms with Gasteiger partial charge in [-0.1, -0.05) is 19.9 Å². The smallest absolute Gasteiger partial charge is 0.216 e. The molecule has 2 N–H and O–H groups in total. The molecule has 0 aromatic carbocycles. The van der Waals surface area contributed by atoms with Crippen LogP contribution in [-0.2, 0) is 0 Å². The highest BCUT2D eigenvalue weighted by Gasteiger charge is 2.57. The Morgan fingerprint density at radius 1 is 1.54 bits per heavy atom. The second kappa shape index (κ2) is 2.51. The van der Waals surface area contributed by atoms with Gasteiger partial charge >= 0.3 is 0 Å². The van der Waals surface area contributed by atoms with E-state index in [0.717, 1.165) is 0 Å². The van der Waals surface area contributed by atoms with Crippen molar-refractivity contribution in [3.8, 4) is 0 Å². The summed E-state index contributed by atoms with van der Waals surface area (Å²) in [5.41, 5.74) is 6.52. The van der Waals surface area contributed by atoms with Crippen LogP contribution in [0.1, 0.15) is 25.3 Å². The molecule has 0 amide bonds. The molecule has 0 unspecified atom stereocenters. The number of rotatable bonds is 1. The summed E-state index contributed by atoms with van der Waals surface area (Å²) in [6.07, 6.45) is 1.46. The van der Waals surface area contributed by atoms with Crippen LogP contribution < -0.4 is 5.73 Å². The zero-order valence-electron chi connectivity index (χ0n) is 7.79. The van der Waals surface area contributed by atoms with Crippen molar-refractivity contribution in [2.45, 2.75) is 25.8 Å². The van der Waals surface area contributed by atoms with Gasteiger partial charge in [0.25, 0.3) is 0 Å². The molecule has 2 atom stereocenters. The molecule has 1 aliphatic rings. The minimum atomic E-state index is -0.381. The summed E-state index contributed by atoms with van der Waals surface area (Å²) in [5.74, 6) is -0.255. The monoisotopic (exact) mass is 180 g/mol. The Bertz CT molecular complexity index is 335. The van der Waals surface area contributed by atoms with Crippen molar-refractivity contribution in [3.05, 3.63) is 29.8 Å². The Labute approximate surface area is 77.0 Å². The van der Waals surface area contributed by atoms with Gasteiger partial charge in [0.1, 0.15) is 0 Å². The summed E-state index contributed by atoms with van der Waals surface area (Å²) in [4.78, 5) is 3.62. The molecule has 70 valence electrons. The average Bonchev–Trinajstić information content (AvgIpc) is 2.54. The van der Waals surface area contributed by atoms with Gasteiger partial charge in [0.05, 0.1) is 0 Å². The van der Waals surface area contributed by atoms with Crippen LogP contribution in [0.25, 0.3) is 0 Å². The van der Waals surface area contributed by atoms with Gasteiger partial charge in [-0.3, -0.25) is 0 Å². The summed E-state index contributed by atoms with van der Waals surface area (Å²) >= 11 is 0. The summed E-state index contributed by atoms with van der Waals surface area (Å²) in [6, 6.07) is 3.58. The maximum atomic E-state index is 13.2. The molecule has 2 rings (SSSR count). The van der Waals surface area contributed by atoms with E-state index in [2.05, 4.69) is 18.8 Å². The molecule has 1 fully saturated rings. The van der Waals surface area contributed by atoms with E-state index in [1.807, 2.05) is 0 Å². The number of hydrogen-bond donors (Lipinski definition) is 1. The van der Waals surface area contributed by atoms with Crippen molar-refractivity contribution >= 4 is 0 Å². The minimum absolute atomic E-state index is 0.0177. The van der Waals surface area contributed by atoms with E-state index in [9.17, 15) is 4.39 Å². The van der Waals surface area contributed by atoms with E-state index in [-0.39, 0.29) is 23.3 Å². The first kappa shape index (κ1) is 8.63. The normalized spacial score (nSPS) is 30.2. The van der Waals surface area contributed by atoms with Crippen LogP contribution in [0.4, 0.5) is 4.39 Å². The summed E-state index contributed by atoms with van der Waals surface area (Å²) < 4.78 is 13.2. The molecule has 0 bridgehead atoms. The molecule has 1 aromatic rings. The molecule has 13 heavy (non-hydrogen) atoms. The molecular weight excluding hydrogens is 167 g/mol. The lowest BCUT2D eigenvalue weighted by Crippen LogP contribution is -2.06. The van der Waals surface area contributed by atoms with E-state index < -0.39 is 0 Å². The van der Waals surface area contributed by atoms with Crippen molar-refractivity contribution in [1.82, 2.24) is 4.98 Å². The number of nitrogens with two attached hydrogens (primary N) is 1. The first-order valence-electron chi connectivity index (χ1n) is 4.41. The standard InChI is InChI=1S/C10H13FN2/c1-10(2)7(8(10)12)6-4-3-5-13-9(6)11/h3-5,7-8H,12H2,1-2H3/t7-,8-/m1/s1. The SMILES string of the molecule is CC1(C)[C@H](N)[C@H]1c1cccnc1F. The summed E-state index contributed by atoms with van der Waals surface area (Å²) in [5, 5.41) is 0. The minimum Gasteiger partial charge on any atom is -0.327 e. The van der Waals surface area contributed by atoms with Crippen LogP contribution >= 0.6 is 0 Å². The highest BCUT2D eigenvalue weighted by Crippen LogP contribution is 2.57. The fraction of sp³-hybridized carbons (Fsp3) is 0.500. The molecule has 1 saturated carbocycles. The van der Waals surface area contributed by atoms with Crippen molar-refractivity contribution in [2.24, 2.45) is 11.1 Å². The average molecular weight is 180 g/mol. The Hall–Kier alpha value is -0.960. The molecule has 0 saturated heterocycles. The van der Waals surface area contributed by atoms with Crippen LogP contribution in [0, 0.1) is 11.4 Å². The predicted molar refractivity (Wildman–Crippen MR) is 48.7 cm³/mol. The van der Waals surface area contributed by atoms with E-state index in [4.69, 9.17) is 5.73 Å². The third-order valence-electron chi connectivity index (χ3n) is 3.03. The molecular formula is C10H13FN2. The maximum absolute atomic E-state index is 13.2. The van der Waals surface area contributed by atoms with Crippen LogP contribution in [0.2, 0.25) is 0 Å². The lowest BCUT2D eigenvalue weighted by atomic mass is 10.0. The third-order valence-corrected chi connectivity index (χ3v) is 3.03. The Morgan fingerprint density at radius 2 is 2.15 bits per heavy atom. The van der Waals surface area contributed by atoms with E-state index in [1.165, 1.54) is 6.20 Å². The molecule has 0 radical (unpaired) electrons. The highest BCUT2D eigenvalue weighted by molar-refractivity contribution is 5.32. The molecule has 0 aliphatic heterocycles. The van der Waals surface area contributed by atoms with E-state index in [1.54, 1.807) is 12.1 Å². The summed E-state index contributed by atoms with van der Waals surface area (Å²) in [7, 11) is 0. The quantitative estimate of drug-likeness (QED) is 0.668. The molecule has 3 heteroatoms. The lowest BCUT2D eigenvalue weighted by molar-refractivity contribution is 0.545. The molecule has 2 nitrogen and oxygen atoms in total. The number of hydrogen-bond acceptors (Lipinski definition) is 2. The lowest BCUT2D eigenvalue weighted by Gasteiger charge is -2.02. The number of nitrogens with zero attached hydrogens (tertiary/aromatic N) is 1. The second-order valence-electron chi connectivity index (χ2n) is 4.21. The van der Waals surface area contributed by atoms with Gasteiger partial charge in [-0.15, -0.1) is 0 Å². The fourth-order valence-electron chi connectivity index (χ4n) is 1.90. The van der Waals surface area contributed by atoms with Crippen molar-refractivity contribution in [1.29, 1.82) is 0 Å². The molecule has 0 spiro atoms. The first-order valence-corrected chi connectivity index (χ1v) is 4.41. The number of aromatic nitrogens is 1. The van der Waals surface area contributed by atoms with Crippen LogP contribution in [0.3, 0.4) is 0 Å². The zero-order valence-corrected chi connectivity index (χ0v) is 7.79. The fourth-order valence-corrected chi connectivity index (χ4v) is 1.90. The summed E-state index contributed by atoms with van der Waals surface area (Å²) in [6.45, 7) is 4.10. The van der Waals surface area contributed by atoms with E-state index >= 15 is 0 Å². The van der Waals surface area contributed by atoms with Gasteiger partial charge in [-0.05, 0) is 11.5 Å². The van der Waals surface area contributed by atoms with Crippen molar-refractivity contribution in [2.75, 3.05) is 0 Å². The highest BCUT2D eigenvalue weighted by atomic mass is 19.1.